The molecule has 17 heteroatoms. The molecule has 0 aromatic rings. The summed E-state index contributed by atoms with van der Waals surface area (Å²) in [4.78, 5) is 69.9. The number of nitrogens with one attached hydrogen (secondary N) is 3. The summed E-state index contributed by atoms with van der Waals surface area (Å²) in [5.74, 6) is -2.79. The summed E-state index contributed by atoms with van der Waals surface area (Å²) < 4.78 is 32.1. The van der Waals surface area contributed by atoms with Gasteiger partial charge in [0, 0.05) is 38.3 Å². The maximum atomic E-state index is 12.3. The van der Waals surface area contributed by atoms with E-state index in [2.05, 4.69) is 16.0 Å². The molecule has 0 bridgehead atoms. The van der Waals surface area contributed by atoms with Gasteiger partial charge in [-0.05, 0) is 19.3 Å². The highest BCUT2D eigenvalue weighted by Gasteiger charge is 2.20. The Labute approximate surface area is 352 Å². The van der Waals surface area contributed by atoms with Crippen LogP contribution in [0.3, 0.4) is 0 Å². The molecule has 0 saturated heterocycles. The van der Waals surface area contributed by atoms with E-state index in [1.807, 2.05) is 13.8 Å². The highest BCUT2D eigenvalue weighted by Crippen LogP contribution is 2.14. The van der Waals surface area contributed by atoms with Crippen molar-refractivity contribution < 1.29 is 67.4 Å². The maximum Gasteiger partial charge on any atom is 0.326 e. The van der Waals surface area contributed by atoms with E-state index in [9.17, 15) is 33.9 Å². The van der Waals surface area contributed by atoms with Crippen LogP contribution in [0, 0.1) is 5.92 Å². The molecule has 0 saturated carbocycles. The molecule has 59 heavy (non-hydrogen) atoms. The minimum absolute atomic E-state index is 0.00906. The fraction of sp³-hybridized carbons (Fsp3) is 0.857. The Balaban J connectivity index is 3.59. The molecular weight excluding hydrogens is 770 g/mol. The third kappa shape index (κ3) is 41.3. The van der Waals surface area contributed by atoms with Crippen molar-refractivity contribution in [2.24, 2.45) is 5.92 Å². The van der Waals surface area contributed by atoms with Crippen LogP contribution >= 0.6 is 0 Å². The van der Waals surface area contributed by atoms with Crippen LogP contribution in [-0.2, 0) is 57.2 Å². The summed E-state index contributed by atoms with van der Waals surface area (Å²) in [6.45, 7) is 7.39. The molecule has 0 aromatic heterocycles. The average molecular weight is 848 g/mol. The second-order valence-corrected chi connectivity index (χ2v) is 14.7. The molecule has 0 heterocycles. The van der Waals surface area contributed by atoms with Crippen LogP contribution in [0.5, 0.6) is 0 Å². The van der Waals surface area contributed by atoms with Gasteiger partial charge in [0.1, 0.15) is 19.3 Å². The van der Waals surface area contributed by atoms with Crippen LogP contribution in [-0.4, -0.2) is 144 Å². The van der Waals surface area contributed by atoms with E-state index < -0.39 is 18.0 Å². The Morgan fingerprint density at radius 1 is 0.441 bits per heavy atom. The number of hydrogen-bond acceptors (Lipinski definition) is 12. The highest BCUT2D eigenvalue weighted by atomic mass is 16.6. The molecule has 0 aliphatic heterocycles. The lowest BCUT2D eigenvalue weighted by Gasteiger charge is -2.14. The van der Waals surface area contributed by atoms with E-state index in [0.717, 1.165) is 38.5 Å². The predicted molar refractivity (Wildman–Crippen MR) is 221 cm³/mol. The van der Waals surface area contributed by atoms with Gasteiger partial charge in [-0.1, -0.05) is 90.9 Å². The maximum absolute atomic E-state index is 12.3. The van der Waals surface area contributed by atoms with Crippen molar-refractivity contribution in [1.29, 1.82) is 0 Å². The lowest BCUT2D eigenvalue weighted by Crippen LogP contribution is -2.41. The largest absolute Gasteiger partial charge is 0.481 e. The number of amides is 3. The molecule has 1 atom stereocenters. The fourth-order valence-corrected chi connectivity index (χ4v) is 5.53. The van der Waals surface area contributed by atoms with E-state index in [1.165, 1.54) is 44.9 Å². The molecule has 0 aliphatic carbocycles. The molecule has 344 valence electrons. The van der Waals surface area contributed by atoms with Crippen molar-refractivity contribution in [3.63, 3.8) is 0 Å². The lowest BCUT2D eigenvalue weighted by atomic mass is 10.0. The van der Waals surface area contributed by atoms with E-state index in [0.29, 0.717) is 59.2 Å². The first-order valence-electron chi connectivity index (χ1n) is 21.8. The molecule has 17 nitrogen and oxygen atoms in total. The number of ether oxygens (including phenoxy) is 6. The van der Waals surface area contributed by atoms with Crippen LogP contribution in [0.15, 0.2) is 0 Å². The van der Waals surface area contributed by atoms with Crippen molar-refractivity contribution in [3.05, 3.63) is 0 Å². The van der Waals surface area contributed by atoms with Gasteiger partial charge in [0.25, 0.3) is 0 Å². The Kier molecular flexibility index (Phi) is 39.2. The van der Waals surface area contributed by atoms with Crippen LogP contribution in [0.1, 0.15) is 129 Å². The van der Waals surface area contributed by atoms with Crippen LogP contribution in [0.4, 0.5) is 0 Å². The number of hydrogen-bond donors (Lipinski definition) is 5. The molecule has 0 unspecified atom stereocenters. The van der Waals surface area contributed by atoms with Gasteiger partial charge in [0.2, 0.25) is 17.7 Å². The first kappa shape index (κ1) is 55.8. The number of rotatable bonds is 45. The van der Waals surface area contributed by atoms with E-state index in [4.69, 9.17) is 33.5 Å². The summed E-state index contributed by atoms with van der Waals surface area (Å²) in [6, 6.07) is -1.12. The Hall–Kier alpha value is -3.22. The van der Waals surface area contributed by atoms with E-state index in [-0.39, 0.29) is 94.7 Å². The summed E-state index contributed by atoms with van der Waals surface area (Å²) in [6.07, 6.45) is 15.6. The van der Waals surface area contributed by atoms with Crippen LogP contribution in [0.2, 0.25) is 0 Å². The topological polar surface area (TPSA) is 234 Å². The number of ketones is 1. The van der Waals surface area contributed by atoms with Gasteiger partial charge in [-0.25, -0.2) is 4.79 Å². The van der Waals surface area contributed by atoms with Crippen molar-refractivity contribution in [2.75, 3.05) is 92.4 Å². The van der Waals surface area contributed by atoms with E-state index >= 15 is 0 Å². The fourth-order valence-electron chi connectivity index (χ4n) is 5.53. The molecule has 0 aliphatic rings. The number of carboxylic acid groups (broad SMARTS) is 2. The quantitative estimate of drug-likeness (QED) is 0.0541. The Morgan fingerprint density at radius 3 is 1.27 bits per heavy atom. The summed E-state index contributed by atoms with van der Waals surface area (Å²) in [5.41, 5.74) is 0. The highest BCUT2D eigenvalue weighted by molar-refractivity contribution is 5.84. The molecule has 0 aromatic carbocycles. The third-order valence-electron chi connectivity index (χ3n) is 9.08. The standard InChI is InChI=1S/C42H77N3O14/c1-35(2)37(46)33-58-31-29-56-27-26-55-24-22-44-40(49)34-59-32-30-57-28-25-54-23-21-43-38(47)20-19-36(42(52)53)45-39(48)17-15-13-11-9-7-5-3-4-6-8-10-12-14-16-18-41(50)51/h35-36H,3-34H2,1-2H3,(H,43,47)(H,44,49)(H,45,48)(H,50,51)(H,52,53)/t36-/m0/s1. The lowest BCUT2D eigenvalue weighted by molar-refractivity contribution is -0.142. The molecule has 3 amide bonds. The summed E-state index contributed by atoms with van der Waals surface area (Å²) >= 11 is 0. The van der Waals surface area contributed by atoms with Gasteiger partial charge in [0.15, 0.2) is 5.78 Å². The SMILES string of the molecule is CC(C)C(=O)COCCOCCOCCNC(=O)COCCOCCOCCNC(=O)CC[C@H](NC(=O)CCCCCCCCCCCCCCCCC(=O)O)C(=O)O. The van der Waals surface area contributed by atoms with Crippen LogP contribution in [0.25, 0.3) is 0 Å². The van der Waals surface area contributed by atoms with Gasteiger partial charge < -0.3 is 54.6 Å². The van der Waals surface area contributed by atoms with Gasteiger partial charge in [-0.3, -0.25) is 24.0 Å². The average Bonchev–Trinajstić information content (AvgIpc) is 3.19. The number of aliphatic carboxylic acids is 2. The first-order valence-corrected chi connectivity index (χ1v) is 21.8. The minimum atomic E-state index is -1.17. The van der Waals surface area contributed by atoms with Gasteiger partial charge in [0.05, 0.1) is 66.1 Å². The van der Waals surface area contributed by atoms with E-state index in [1.54, 1.807) is 0 Å². The third-order valence-corrected chi connectivity index (χ3v) is 9.08. The minimum Gasteiger partial charge on any atom is -0.481 e. The molecule has 0 rings (SSSR count). The first-order chi connectivity index (χ1) is 28.5. The van der Waals surface area contributed by atoms with Gasteiger partial charge in [-0.2, -0.15) is 0 Å². The number of unbranched alkanes of at least 4 members (excludes halogenated alkanes) is 13. The molecular formula is C42H77N3O14. The van der Waals surface area contributed by atoms with Crippen molar-refractivity contribution >= 4 is 35.4 Å². The van der Waals surface area contributed by atoms with Gasteiger partial charge in [-0.15, -0.1) is 0 Å². The Morgan fingerprint density at radius 2 is 0.831 bits per heavy atom. The predicted octanol–water partition coefficient (Wildman–Crippen LogP) is 4.22. The van der Waals surface area contributed by atoms with Crippen LogP contribution < -0.4 is 16.0 Å². The molecule has 0 fully saturated rings. The van der Waals surface area contributed by atoms with Crippen molar-refractivity contribution in [2.45, 2.75) is 135 Å². The number of Topliss-reactive ketones (excluding diaryl/α,β-unsaturated/α-hetero) is 1. The summed E-state index contributed by atoms with van der Waals surface area (Å²) in [5, 5.41) is 26.1. The molecule has 0 radical (unpaired) electrons. The second-order valence-electron chi connectivity index (χ2n) is 14.7. The summed E-state index contributed by atoms with van der Waals surface area (Å²) in [7, 11) is 0. The second kappa shape index (κ2) is 41.5. The Bertz CT molecular complexity index is 1090. The smallest absolute Gasteiger partial charge is 0.326 e. The normalized spacial score (nSPS) is 11.7. The number of carboxylic acids is 2. The monoisotopic (exact) mass is 848 g/mol. The zero-order valence-corrected chi connectivity index (χ0v) is 36.1. The molecule has 5 N–H and O–H groups in total. The zero-order chi connectivity index (χ0) is 43.6. The van der Waals surface area contributed by atoms with Gasteiger partial charge >= 0.3 is 11.9 Å². The molecule has 0 spiro atoms. The number of carbonyl (C=O) groups excluding carboxylic acids is 4. The zero-order valence-electron chi connectivity index (χ0n) is 36.1. The van der Waals surface area contributed by atoms with Crippen molar-refractivity contribution in [1.82, 2.24) is 16.0 Å². The van der Waals surface area contributed by atoms with Crippen molar-refractivity contribution in [3.8, 4) is 0 Å². The number of carbonyl (C=O) groups is 6.